The highest BCUT2D eigenvalue weighted by Gasteiger charge is 2.28. The van der Waals surface area contributed by atoms with Crippen molar-refractivity contribution in [2.75, 3.05) is 72.5 Å². The third-order valence-corrected chi connectivity index (χ3v) is 6.15. The lowest BCUT2D eigenvalue weighted by Gasteiger charge is -2.36. The van der Waals surface area contributed by atoms with Crippen molar-refractivity contribution in [1.29, 1.82) is 0 Å². The molecule has 1 unspecified atom stereocenters. The number of hydrogen-bond acceptors (Lipinski definition) is 7. The zero-order valence-electron chi connectivity index (χ0n) is 19.8. The number of nitrogens with zero attached hydrogens (tertiary/aromatic N) is 3. The quantitative estimate of drug-likeness (QED) is 0.136. The van der Waals surface area contributed by atoms with E-state index < -0.39 is 5.97 Å². The number of rotatable bonds is 14. The molecule has 0 aromatic rings. The first kappa shape index (κ1) is 27.0. The normalized spacial score (nSPS) is 19.8. The fourth-order valence-corrected chi connectivity index (χ4v) is 4.15. The molecule has 188 valence electrons. The third kappa shape index (κ3) is 11.4. The summed E-state index contributed by atoms with van der Waals surface area (Å²) in [7, 11) is 2.15. The second kappa shape index (κ2) is 14.8. The molecule has 2 aliphatic heterocycles. The first-order chi connectivity index (χ1) is 15.8. The zero-order chi connectivity index (χ0) is 24.1. The van der Waals surface area contributed by atoms with Crippen molar-refractivity contribution >= 4 is 23.7 Å². The maximum Gasteiger partial charge on any atom is 0.303 e. The highest BCUT2D eigenvalue weighted by atomic mass is 16.4. The van der Waals surface area contributed by atoms with Crippen LogP contribution in [-0.2, 0) is 19.2 Å². The summed E-state index contributed by atoms with van der Waals surface area (Å²) in [5.74, 6) is -1.41. The van der Waals surface area contributed by atoms with Gasteiger partial charge in [-0.2, -0.15) is 0 Å². The lowest BCUT2D eigenvalue weighted by atomic mass is 10.3. The van der Waals surface area contributed by atoms with Crippen LogP contribution in [0.3, 0.4) is 0 Å². The van der Waals surface area contributed by atoms with E-state index in [0.717, 1.165) is 52.1 Å². The molecule has 4 N–H and O–H groups in total. The smallest absolute Gasteiger partial charge is 0.303 e. The Bertz CT molecular complexity index is 653. The van der Waals surface area contributed by atoms with E-state index in [4.69, 9.17) is 5.11 Å². The first-order valence-electron chi connectivity index (χ1n) is 12.0. The van der Waals surface area contributed by atoms with E-state index in [0.29, 0.717) is 25.6 Å². The van der Waals surface area contributed by atoms with Gasteiger partial charge in [0.25, 0.3) is 0 Å². The summed E-state index contributed by atoms with van der Waals surface area (Å²) in [6.07, 6.45) is 2.92. The van der Waals surface area contributed by atoms with Crippen molar-refractivity contribution in [2.24, 2.45) is 0 Å². The van der Waals surface area contributed by atoms with Crippen LogP contribution in [0.15, 0.2) is 0 Å². The highest BCUT2D eigenvalue weighted by molar-refractivity contribution is 5.81. The van der Waals surface area contributed by atoms with E-state index in [2.05, 4.69) is 37.7 Å². The lowest BCUT2D eigenvalue weighted by molar-refractivity contribution is -0.137. The number of carboxylic acid groups (broad SMARTS) is 1. The van der Waals surface area contributed by atoms with Gasteiger partial charge in [-0.1, -0.05) is 0 Å². The van der Waals surface area contributed by atoms with E-state index >= 15 is 0 Å². The Hall–Kier alpha value is -2.24. The van der Waals surface area contributed by atoms with Gasteiger partial charge in [0.1, 0.15) is 0 Å². The van der Waals surface area contributed by atoms with Gasteiger partial charge >= 0.3 is 5.97 Å². The summed E-state index contributed by atoms with van der Waals surface area (Å²) in [5.41, 5.74) is 0. The van der Waals surface area contributed by atoms with Crippen LogP contribution < -0.4 is 16.0 Å². The van der Waals surface area contributed by atoms with Crippen molar-refractivity contribution in [3.63, 3.8) is 0 Å². The van der Waals surface area contributed by atoms with Crippen LogP contribution in [0.2, 0.25) is 0 Å². The molecule has 2 fully saturated rings. The van der Waals surface area contributed by atoms with E-state index in [1.165, 1.54) is 0 Å². The van der Waals surface area contributed by atoms with Crippen molar-refractivity contribution in [3.8, 4) is 0 Å². The number of likely N-dealkylation sites (N-methyl/N-ethyl adjacent to an activating group) is 1. The molecule has 2 aliphatic rings. The molecular weight excluding hydrogens is 442 g/mol. The number of likely N-dealkylation sites (tertiary alicyclic amines) is 1. The van der Waals surface area contributed by atoms with Gasteiger partial charge in [0.15, 0.2) is 0 Å². The van der Waals surface area contributed by atoms with E-state index in [1.54, 1.807) is 0 Å². The lowest BCUT2D eigenvalue weighted by Crippen LogP contribution is -2.50. The number of carbonyl (C=O) groups is 4. The molecule has 0 bridgehead atoms. The van der Waals surface area contributed by atoms with Gasteiger partial charge in [0.05, 0.1) is 6.54 Å². The maximum absolute atomic E-state index is 12.3. The van der Waals surface area contributed by atoms with Crippen molar-refractivity contribution in [2.45, 2.75) is 44.6 Å². The molecule has 0 aromatic heterocycles. The van der Waals surface area contributed by atoms with Gasteiger partial charge in [0, 0.05) is 77.7 Å². The number of aliphatic carboxylic acids is 1. The maximum atomic E-state index is 12.3. The zero-order valence-corrected chi connectivity index (χ0v) is 19.8. The first-order valence-corrected chi connectivity index (χ1v) is 12.0. The molecule has 0 aromatic carbocycles. The second-order valence-corrected chi connectivity index (χ2v) is 8.92. The molecule has 2 rings (SSSR count). The topological polar surface area (TPSA) is 134 Å². The third-order valence-electron chi connectivity index (χ3n) is 6.15. The number of carboxylic acids is 1. The minimum atomic E-state index is -0.894. The highest BCUT2D eigenvalue weighted by Crippen LogP contribution is 2.18. The van der Waals surface area contributed by atoms with Crippen molar-refractivity contribution < 1.29 is 24.3 Å². The van der Waals surface area contributed by atoms with E-state index in [9.17, 15) is 19.2 Å². The minimum Gasteiger partial charge on any atom is -0.481 e. The predicted molar refractivity (Wildman–Crippen MR) is 124 cm³/mol. The average Bonchev–Trinajstić information content (AvgIpc) is 3.19. The van der Waals surface area contributed by atoms with Crippen molar-refractivity contribution in [3.05, 3.63) is 0 Å². The minimum absolute atomic E-state index is 0.0113. The predicted octanol–water partition coefficient (Wildman–Crippen LogP) is -1.31. The summed E-state index contributed by atoms with van der Waals surface area (Å²) in [6, 6.07) is 0.415. The van der Waals surface area contributed by atoms with Crippen LogP contribution in [0.1, 0.15) is 38.5 Å². The number of amides is 3. The van der Waals surface area contributed by atoms with Crippen LogP contribution in [-0.4, -0.2) is 122 Å². The van der Waals surface area contributed by atoms with Gasteiger partial charge < -0.3 is 26.0 Å². The van der Waals surface area contributed by atoms with Crippen LogP contribution in [0, 0.1) is 0 Å². The summed E-state index contributed by atoms with van der Waals surface area (Å²) >= 11 is 0. The Morgan fingerprint density at radius 1 is 0.818 bits per heavy atom. The van der Waals surface area contributed by atoms with Crippen LogP contribution in [0.4, 0.5) is 0 Å². The van der Waals surface area contributed by atoms with Gasteiger partial charge in [-0.05, 0) is 32.9 Å². The van der Waals surface area contributed by atoms with Crippen LogP contribution in [0.25, 0.3) is 0 Å². The Balaban J connectivity index is 1.52. The molecule has 0 spiro atoms. The Labute approximate surface area is 196 Å². The molecule has 33 heavy (non-hydrogen) atoms. The second-order valence-electron chi connectivity index (χ2n) is 8.92. The molecule has 3 amide bonds. The van der Waals surface area contributed by atoms with E-state index in [1.807, 2.05) is 0 Å². The molecule has 0 aliphatic carbocycles. The molecular formula is C22H40N6O5. The number of hydrogen-bond donors (Lipinski definition) is 4. The molecule has 11 nitrogen and oxygen atoms in total. The number of nitrogens with one attached hydrogen (secondary N) is 3. The van der Waals surface area contributed by atoms with Crippen molar-refractivity contribution in [1.82, 2.24) is 30.7 Å². The SMILES string of the molecule is [13CH3]N1C[13CH2]N([13CH2][13CH]2[13CH2][13CH2][13CH2]N2[13CH2]C(=O)[15NH]CCC(=O)[15NH]CC[13C](=O)[15NH]CCCC(=O)O)[13CH2][13CH2]1. The van der Waals surface area contributed by atoms with Gasteiger partial charge in [0.2, 0.25) is 17.7 Å². The van der Waals surface area contributed by atoms with Gasteiger partial charge in [-0.3, -0.25) is 29.0 Å². The van der Waals surface area contributed by atoms with Gasteiger partial charge in [-0.25, -0.2) is 0 Å². The summed E-state index contributed by atoms with van der Waals surface area (Å²) in [6.45, 7) is 7.42. The summed E-state index contributed by atoms with van der Waals surface area (Å²) in [5, 5.41) is 16.6. The summed E-state index contributed by atoms with van der Waals surface area (Å²) < 4.78 is 0. The summed E-state index contributed by atoms with van der Waals surface area (Å²) in [4.78, 5) is 53.4. The van der Waals surface area contributed by atoms with E-state index in [-0.39, 0.29) is 50.1 Å². The molecule has 0 radical (unpaired) electrons. The monoisotopic (exact) mass is 482 g/mol. The number of carbonyl (C=O) groups excluding carboxylic acids is 3. The largest absolute Gasteiger partial charge is 0.481 e. The number of piperazine rings is 1. The Morgan fingerprint density at radius 2 is 1.42 bits per heavy atom. The molecule has 1 atom stereocenters. The van der Waals surface area contributed by atoms with Crippen LogP contribution in [0.5, 0.6) is 0 Å². The fourth-order valence-electron chi connectivity index (χ4n) is 4.15. The van der Waals surface area contributed by atoms with Gasteiger partial charge in [-0.15, -0.1) is 0 Å². The van der Waals surface area contributed by atoms with Crippen LogP contribution >= 0.6 is 0 Å². The Kier molecular flexibility index (Phi) is 12.1. The molecule has 2 saturated heterocycles. The molecule has 2 heterocycles. The Morgan fingerprint density at radius 3 is 2.06 bits per heavy atom. The fraction of sp³-hybridized carbons (Fsp3) is 0.818. The molecule has 11 heteroatoms. The molecule has 0 saturated carbocycles. The average molecular weight is 482 g/mol. The standard InChI is InChI=1S/C22H40N6O5/c1-26-12-14-27(15-13-26)16-18-4-3-11-28(18)17-21(31)25-10-7-20(30)24-9-6-19(29)23-8-2-5-22(32)33/h18H,2-17H2,1H3,(H,23,29)(H,24,30)(H,25,31)(H,32,33)/i1+1,3+1,4+1,11+1,12+1,14+1,15+1,16+1,17+1,18+1,19+1,23+1,24+1,25+1.